The van der Waals surface area contributed by atoms with E-state index in [0.29, 0.717) is 19.4 Å². The van der Waals surface area contributed by atoms with Crippen LogP contribution in [0.15, 0.2) is 0 Å². The van der Waals surface area contributed by atoms with Crippen LogP contribution in [-0.4, -0.2) is 30.8 Å². The second-order valence-corrected chi connectivity index (χ2v) is 5.11. The van der Waals surface area contributed by atoms with Crippen molar-refractivity contribution in [3.05, 3.63) is 0 Å². The van der Waals surface area contributed by atoms with E-state index in [4.69, 9.17) is 16.2 Å². The third kappa shape index (κ3) is 4.99. The first-order valence-electron chi connectivity index (χ1n) is 6.49. The maximum Gasteiger partial charge on any atom is 0.389 e. The third-order valence-electron chi connectivity index (χ3n) is 3.69. The molecule has 0 bridgehead atoms. The molecule has 4 nitrogen and oxygen atoms in total. The molecule has 0 aromatic rings. The summed E-state index contributed by atoms with van der Waals surface area (Å²) in [4.78, 5) is 11.3. The summed E-state index contributed by atoms with van der Waals surface area (Å²) in [6.45, 7) is 0.384. The Morgan fingerprint density at radius 2 is 2.05 bits per heavy atom. The number of carbonyl (C=O) groups excluding carboxylic acids is 1. The number of carbonyl (C=O) groups is 1. The molecule has 7 heteroatoms. The summed E-state index contributed by atoms with van der Waals surface area (Å²) in [6.07, 6.45) is -2.22. The van der Waals surface area contributed by atoms with E-state index in [-0.39, 0.29) is 18.9 Å². The molecule has 1 saturated carbocycles. The Hall–Kier alpha value is -0.820. The molecule has 19 heavy (non-hydrogen) atoms. The Balaban J connectivity index is 2.18. The van der Waals surface area contributed by atoms with Crippen molar-refractivity contribution in [2.24, 2.45) is 17.4 Å². The number of amides is 1. The van der Waals surface area contributed by atoms with Gasteiger partial charge in [0, 0.05) is 19.6 Å². The second-order valence-electron chi connectivity index (χ2n) is 5.11. The van der Waals surface area contributed by atoms with Gasteiger partial charge in [-0.2, -0.15) is 13.2 Å². The van der Waals surface area contributed by atoms with Gasteiger partial charge in [-0.1, -0.05) is 6.42 Å². The van der Waals surface area contributed by atoms with E-state index in [2.05, 4.69) is 0 Å². The molecule has 1 amide bonds. The number of primary amides is 1. The first-order valence-corrected chi connectivity index (χ1v) is 6.49. The number of rotatable bonds is 7. The molecule has 2 unspecified atom stereocenters. The normalized spacial score (nSPS) is 27.7. The maximum atomic E-state index is 11.9. The second kappa shape index (κ2) is 6.56. The molecule has 0 radical (unpaired) electrons. The zero-order chi connectivity index (χ0) is 14.5. The molecule has 0 aliphatic heterocycles. The predicted octanol–water partition coefficient (Wildman–Crippen LogP) is 1.72. The van der Waals surface area contributed by atoms with Crippen LogP contribution in [0.4, 0.5) is 13.2 Å². The van der Waals surface area contributed by atoms with E-state index in [1.807, 2.05) is 0 Å². The summed E-state index contributed by atoms with van der Waals surface area (Å²) < 4.78 is 40.8. The van der Waals surface area contributed by atoms with Crippen LogP contribution in [0, 0.1) is 5.92 Å². The molecular weight excluding hydrogens is 261 g/mol. The lowest BCUT2D eigenvalue weighted by molar-refractivity contribution is -0.138. The minimum Gasteiger partial charge on any atom is -0.381 e. The minimum atomic E-state index is -4.13. The van der Waals surface area contributed by atoms with Crippen molar-refractivity contribution in [2.45, 2.75) is 50.2 Å². The van der Waals surface area contributed by atoms with Gasteiger partial charge in [-0.3, -0.25) is 4.79 Å². The van der Waals surface area contributed by atoms with Crippen LogP contribution >= 0.6 is 0 Å². The van der Waals surface area contributed by atoms with Crippen LogP contribution in [0.1, 0.15) is 38.5 Å². The number of nitrogens with two attached hydrogens (primary N) is 2. The lowest BCUT2D eigenvalue weighted by Gasteiger charge is -2.27. The average molecular weight is 282 g/mol. The Labute approximate surface area is 110 Å². The molecule has 0 aromatic heterocycles. The summed E-state index contributed by atoms with van der Waals surface area (Å²) >= 11 is 0. The van der Waals surface area contributed by atoms with Gasteiger partial charge in [0.05, 0.1) is 5.54 Å². The molecule has 0 heterocycles. The molecule has 2 atom stereocenters. The van der Waals surface area contributed by atoms with Crippen molar-refractivity contribution >= 4 is 5.91 Å². The fraction of sp³-hybridized carbons (Fsp3) is 0.917. The molecule has 1 rings (SSSR count). The fourth-order valence-corrected chi connectivity index (χ4v) is 2.53. The predicted molar refractivity (Wildman–Crippen MR) is 64.2 cm³/mol. The lowest BCUT2D eigenvalue weighted by atomic mass is 9.85. The van der Waals surface area contributed by atoms with Crippen molar-refractivity contribution in [2.75, 3.05) is 13.2 Å². The van der Waals surface area contributed by atoms with E-state index in [1.54, 1.807) is 0 Å². The van der Waals surface area contributed by atoms with Crippen LogP contribution in [-0.2, 0) is 9.53 Å². The number of ether oxygens (including phenoxy) is 1. The SMILES string of the molecule is NC(=O)C1(N)CCCC1CCOCCCC(F)(F)F. The standard InChI is InChI=1S/C12H21F3N2O2/c13-12(14,15)6-2-7-19-8-4-9-3-1-5-11(9,17)10(16)18/h9H,1-8,17H2,(H2,16,18). The van der Waals surface area contributed by atoms with Gasteiger partial charge in [-0.25, -0.2) is 0 Å². The highest BCUT2D eigenvalue weighted by molar-refractivity contribution is 5.85. The summed E-state index contributed by atoms with van der Waals surface area (Å²) in [7, 11) is 0. The first-order chi connectivity index (χ1) is 8.76. The number of hydrogen-bond acceptors (Lipinski definition) is 3. The third-order valence-corrected chi connectivity index (χ3v) is 3.69. The zero-order valence-electron chi connectivity index (χ0n) is 10.8. The van der Waals surface area contributed by atoms with Gasteiger partial charge in [-0.15, -0.1) is 0 Å². The Morgan fingerprint density at radius 1 is 1.37 bits per heavy atom. The van der Waals surface area contributed by atoms with Crippen LogP contribution in [0.3, 0.4) is 0 Å². The first kappa shape index (κ1) is 16.2. The van der Waals surface area contributed by atoms with Gasteiger partial charge in [0.1, 0.15) is 0 Å². The van der Waals surface area contributed by atoms with Gasteiger partial charge in [0.25, 0.3) is 0 Å². The van der Waals surface area contributed by atoms with Gasteiger partial charge in [0.15, 0.2) is 0 Å². The van der Waals surface area contributed by atoms with E-state index in [1.165, 1.54) is 0 Å². The van der Waals surface area contributed by atoms with Crippen LogP contribution in [0.25, 0.3) is 0 Å². The van der Waals surface area contributed by atoms with Crippen molar-refractivity contribution in [1.82, 2.24) is 0 Å². The molecule has 0 aromatic carbocycles. The average Bonchev–Trinajstić information content (AvgIpc) is 2.65. The monoisotopic (exact) mass is 282 g/mol. The summed E-state index contributed by atoms with van der Waals surface area (Å²) in [6, 6.07) is 0. The topological polar surface area (TPSA) is 78.3 Å². The molecular formula is C12H21F3N2O2. The van der Waals surface area contributed by atoms with E-state index >= 15 is 0 Å². The number of hydrogen-bond donors (Lipinski definition) is 2. The highest BCUT2D eigenvalue weighted by Crippen LogP contribution is 2.35. The molecule has 0 saturated heterocycles. The molecule has 1 fully saturated rings. The number of halogens is 3. The van der Waals surface area contributed by atoms with Crippen LogP contribution in [0.5, 0.6) is 0 Å². The highest BCUT2D eigenvalue weighted by Gasteiger charge is 2.43. The quantitative estimate of drug-likeness (QED) is 0.698. The van der Waals surface area contributed by atoms with Gasteiger partial charge in [-0.05, 0) is 31.6 Å². The summed E-state index contributed by atoms with van der Waals surface area (Å²) in [5.74, 6) is -0.542. The zero-order valence-corrected chi connectivity index (χ0v) is 10.8. The molecule has 1 aliphatic rings. The fourth-order valence-electron chi connectivity index (χ4n) is 2.53. The Bertz CT molecular complexity index is 310. The molecule has 1 aliphatic carbocycles. The van der Waals surface area contributed by atoms with Crippen molar-refractivity contribution in [3.8, 4) is 0 Å². The lowest BCUT2D eigenvalue weighted by Crippen LogP contribution is -2.54. The highest BCUT2D eigenvalue weighted by atomic mass is 19.4. The summed E-state index contributed by atoms with van der Waals surface area (Å²) in [5, 5.41) is 0. The molecule has 4 N–H and O–H groups in total. The van der Waals surface area contributed by atoms with E-state index in [9.17, 15) is 18.0 Å². The van der Waals surface area contributed by atoms with Gasteiger partial charge in [0.2, 0.25) is 5.91 Å². The summed E-state index contributed by atoms with van der Waals surface area (Å²) in [5.41, 5.74) is 10.3. The molecule has 0 spiro atoms. The van der Waals surface area contributed by atoms with Crippen molar-refractivity contribution in [3.63, 3.8) is 0 Å². The Kier molecular flexibility index (Phi) is 5.61. The minimum absolute atomic E-state index is 0.0346. The van der Waals surface area contributed by atoms with Gasteiger partial charge < -0.3 is 16.2 Å². The van der Waals surface area contributed by atoms with E-state index in [0.717, 1.165) is 12.8 Å². The van der Waals surface area contributed by atoms with Crippen molar-refractivity contribution < 1.29 is 22.7 Å². The van der Waals surface area contributed by atoms with Gasteiger partial charge >= 0.3 is 6.18 Å². The van der Waals surface area contributed by atoms with E-state index < -0.39 is 24.0 Å². The van der Waals surface area contributed by atoms with Crippen LogP contribution in [0.2, 0.25) is 0 Å². The smallest absolute Gasteiger partial charge is 0.381 e. The largest absolute Gasteiger partial charge is 0.389 e. The Morgan fingerprint density at radius 3 is 2.63 bits per heavy atom. The molecule has 112 valence electrons. The van der Waals surface area contributed by atoms with Crippen LogP contribution < -0.4 is 11.5 Å². The maximum absolute atomic E-state index is 11.9. The van der Waals surface area contributed by atoms with Crippen molar-refractivity contribution in [1.29, 1.82) is 0 Å². The number of alkyl halides is 3.